The maximum atomic E-state index is 12.3. The SMILES string of the molecule is Cc1nc2ncnn2c(C)c1CCC(=O)NC(C)c1ccc(Cl)cc1. The summed E-state index contributed by atoms with van der Waals surface area (Å²) < 4.78 is 1.70. The van der Waals surface area contributed by atoms with E-state index in [-0.39, 0.29) is 11.9 Å². The van der Waals surface area contributed by atoms with E-state index in [9.17, 15) is 4.79 Å². The first-order chi connectivity index (χ1) is 12.0. The van der Waals surface area contributed by atoms with Crippen LogP contribution in [-0.2, 0) is 11.2 Å². The molecule has 130 valence electrons. The van der Waals surface area contributed by atoms with E-state index in [1.165, 1.54) is 6.33 Å². The quantitative estimate of drug-likeness (QED) is 0.761. The van der Waals surface area contributed by atoms with Crippen molar-refractivity contribution in [3.05, 3.63) is 58.1 Å². The summed E-state index contributed by atoms with van der Waals surface area (Å²) in [5, 5.41) is 7.88. The number of halogens is 1. The zero-order chi connectivity index (χ0) is 18.0. The topological polar surface area (TPSA) is 72.2 Å². The van der Waals surface area contributed by atoms with Crippen LogP contribution in [0.4, 0.5) is 0 Å². The van der Waals surface area contributed by atoms with Crippen LogP contribution in [0.15, 0.2) is 30.6 Å². The monoisotopic (exact) mass is 357 g/mol. The Hall–Kier alpha value is -2.47. The molecule has 0 spiro atoms. The summed E-state index contributed by atoms with van der Waals surface area (Å²) in [5.74, 6) is 0.583. The predicted octanol–water partition coefficient (Wildman–Crippen LogP) is 3.20. The highest BCUT2D eigenvalue weighted by molar-refractivity contribution is 6.30. The molecule has 3 rings (SSSR count). The van der Waals surface area contributed by atoms with Crippen LogP contribution in [0.3, 0.4) is 0 Å². The van der Waals surface area contributed by atoms with E-state index in [4.69, 9.17) is 11.6 Å². The summed E-state index contributed by atoms with van der Waals surface area (Å²) in [6.45, 7) is 5.87. The van der Waals surface area contributed by atoms with Crippen LogP contribution in [0.25, 0.3) is 5.78 Å². The molecule has 1 atom stereocenters. The first-order valence-corrected chi connectivity index (χ1v) is 8.54. The molecule has 0 aliphatic rings. The van der Waals surface area contributed by atoms with Gasteiger partial charge in [0.05, 0.1) is 6.04 Å². The Morgan fingerprint density at radius 2 is 2.00 bits per heavy atom. The lowest BCUT2D eigenvalue weighted by molar-refractivity contribution is -0.121. The molecular formula is C18H20ClN5O. The Kier molecular flexibility index (Phi) is 4.99. The summed E-state index contributed by atoms with van der Waals surface area (Å²) in [4.78, 5) is 20.9. The normalized spacial score (nSPS) is 12.3. The number of nitrogens with one attached hydrogen (secondary N) is 1. The standard InChI is InChI=1S/C18H20ClN5O/c1-11(14-4-6-15(19)7-5-14)22-17(25)9-8-16-12(2)23-18-20-10-21-24(18)13(16)3/h4-7,10-11H,8-9H2,1-3H3,(H,22,25). The van der Waals surface area contributed by atoms with Crippen LogP contribution in [0, 0.1) is 13.8 Å². The van der Waals surface area contributed by atoms with Crippen molar-refractivity contribution in [2.45, 2.75) is 39.7 Å². The number of nitrogens with zero attached hydrogens (tertiary/aromatic N) is 4. The number of hydrogen-bond donors (Lipinski definition) is 1. The van der Waals surface area contributed by atoms with Crippen molar-refractivity contribution in [2.24, 2.45) is 0 Å². The lowest BCUT2D eigenvalue weighted by atomic mass is 10.1. The van der Waals surface area contributed by atoms with E-state index in [1.807, 2.05) is 45.0 Å². The van der Waals surface area contributed by atoms with Crippen LogP contribution in [-0.4, -0.2) is 25.5 Å². The predicted molar refractivity (Wildman–Crippen MR) is 96.6 cm³/mol. The highest BCUT2D eigenvalue weighted by Crippen LogP contribution is 2.17. The molecule has 2 heterocycles. The number of aromatic nitrogens is 4. The molecule has 0 fully saturated rings. The Morgan fingerprint density at radius 3 is 2.72 bits per heavy atom. The number of benzene rings is 1. The summed E-state index contributed by atoms with van der Waals surface area (Å²) in [6, 6.07) is 7.42. The van der Waals surface area contributed by atoms with E-state index in [0.29, 0.717) is 23.6 Å². The zero-order valence-corrected chi connectivity index (χ0v) is 15.2. The number of fused-ring (bicyclic) bond motifs is 1. The van der Waals surface area contributed by atoms with Crippen molar-refractivity contribution in [3.63, 3.8) is 0 Å². The molecule has 0 bridgehead atoms. The average molecular weight is 358 g/mol. The van der Waals surface area contributed by atoms with Crippen molar-refractivity contribution in [1.29, 1.82) is 0 Å². The van der Waals surface area contributed by atoms with Crippen LogP contribution in [0.1, 0.15) is 41.9 Å². The van der Waals surface area contributed by atoms with Gasteiger partial charge in [0.25, 0.3) is 5.78 Å². The molecule has 3 aromatic rings. The Bertz CT molecular complexity index is 904. The van der Waals surface area contributed by atoms with E-state index in [2.05, 4.69) is 20.4 Å². The number of aryl methyl sites for hydroxylation is 2. The van der Waals surface area contributed by atoms with E-state index in [1.54, 1.807) is 4.52 Å². The minimum absolute atomic E-state index is 0.0000581. The van der Waals surface area contributed by atoms with Gasteiger partial charge >= 0.3 is 0 Å². The molecule has 1 aromatic carbocycles. The fourth-order valence-electron chi connectivity index (χ4n) is 2.90. The smallest absolute Gasteiger partial charge is 0.252 e. The van der Waals surface area contributed by atoms with Gasteiger partial charge in [0.15, 0.2) is 0 Å². The van der Waals surface area contributed by atoms with E-state index < -0.39 is 0 Å². The Labute approximate surface area is 151 Å². The van der Waals surface area contributed by atoms with Gasteiger partial charge in [0.1, 0.15) is 6.33 Å². The van der Waals surface area contributed by atoms with Crippen molar-refractivity contribution >= 4 is 23.3 Å². The third-order valence-corrected chi connectivity index (χ3v) is 4.59. The van der Waals surface area contributed by atoms with Gasteiger partial charge in [0, 0.05) is 22.8 Å². The fraction of sp³-hybridized carbons (Fsp3) is 0.333. The first-order valence-electron chi connectivity index (χ1n) is 8.16. The lowest BCUT2D eigenvalue weighted by Crippen LogP contribution is -2.27. The second-order valence-corrected chi connectivity index (χ2v) is 6.51. The fourth-order valence-corrected chi connectivity index (χ4v) is 3.03. The molecule has 0 saturated heterocycles. The number of hydrogen-bond acceptors (Lipinski definition) is 4. The maximum Gasteiger partial charge on any atom is 0.252 e. The second-order valence-electron chi connectivity index (χ2n) is 6.07. The van der Waals surface area contributed by atoms with Crippen molar-refractivity contribution < 1.29 is 4.79 Å². The molecule has 6 nitrogen and oxygen atoms in total. The van der Waals surface area contributed by atoms with Gasteiger partial charge in [-0.05, 0) is 50.5 Å². The highest BCUT2D eigenvalue weighted by atomic mass is 35.5. The Balaban J connectivity index is 1.65. The van der Waals surface area contributed by atoms with Gasteiger partial charge in [-0.3, -0.25) is 4.79 Å². The molecule has 0 aliphatic heterocycles. The van der Waals surface area contributed by atoms with E-state index >= 15 is 0 Å². The zero-order valence-electron chi connectivity index (χ0n) is 14.5. The molecule has 1 amide bonds. The second kappa shape index (κ2) is 7.19. The van der Waals surface area contributed by atoms with Gasteiger partial charge in [-0.15, -0.1) is 0 Å². The lowest BCUT2D eigenvalue weighted by Gasteiger charge is -2.15. The molecule has 0 aliphatic carbocycles. The largest absolute Gasteiger partial charge is 0.350 e. The molecule has 7 heteroatoms. The number of rotatable bonds is 5. The van der Waals surface area contributed by atoms with Gasteiger partial charge < -0.3 is 5.32 Å². The minimum atomic E-state index is -0.0668. The molecule has 25 heavy (non-hydrogen) atoms. The molecule has 2 aromatic heterocycles. The third-order valence-electron chi connectivity index (χ3n) is 4.34. The summed E-state index contributed by atoms with van der Waals surface area (Å²) in [5.41, 5.74) is 3.92. The van der Waals surface area contributed by atoms with Crippen LogP contribution in [0.2, 0.25) is 5.02 Å². The number of amides is 1. The van der Waals surface area contributed by atoms with Crippen LogP contribution < -0.4 is 5.32 Å². The average Bonchev–Trinajstić information content (AvgIpc) is 3.03. The molecule has 0 radical (unpaired) electrons. The highest BCUT2D eigenvalue weighted by Gasteiger charge is 2.14. The van der Waals surface area contributed by atoms with Crippen molar-refractivity contribution in [2.75, 3.05) is 0 Å². The first kappa shape index (κ1) is 17.4. The molecule has 1 unspecified atom stereocenters. The van der Waals surface area contributed by atoms with Gasteiger partial charge in [-0.1, -0.05) is 23.7 Å². The minimum Gasteiger partial charge on any atom is -0.350 e. The summed E-state index contributed by atoms with van der Waals surface area (Å²) in [6.07, 6.45) is 2.49. The van der Waals surface area contributed by atoms with Crippen LogP contribution >= 0.6 is 11.6 Å². The summed E-state index contributed by atoms with van der Waals surface area (Å²) >= 11 is 5.90. The molecule has 0 saturated carbocycles. The molecule has 1 N–H and O–H groups in total. The third kappa shape index (κ3) is 3.79. The summed E-state index contributed by atoms with van der Waals surface area (Å²) in [7, 11) is 0. The van der Waals surface area contributed by atoms with Crippen molar-refractivity contribution in [3.8, 4) is 0 Å². The van der Waals surface area contributed by atoms with Crippen LogP contribution in [0.5, 0.6) is 0 Å². The van der Waals surface area contributed by atoms with E-state index in [0.717, 1.165) is 22.5 Å². The number of carbonyl (C=O) groups is 1. The number of carbonyl (C=O) groups excluding carboxylic acids is 1. The Morgan fingerprint density at radius 1 is 1.28 bits per heavy atom. The van der Waals surface area contributed by atoms with Gasteiger partial charge in [0.2, 0.25) is 5.91 Å². The van der Waals surface area contributed by atoms with Gasteiger partial charge in [-0.2, -0.15) is 10.1 Å². The maximum absolute atomic E-state index is 12.3. The van der Waals surface area contributed by atoms with Gasteiger partial charge in [-0.25, -0.2) is 9.50 Å². The molecular weight excluding hydrogens is 338 g/mol. The van der Waals surface area contributed by atoms with Crippen molar-refractivity contribution in [1.82, 2.24) is 24.9 Å².